The highest BCUT2D eigenvalue weighted by Gasteiger charge is 2.02. The summed E-state index contributed by atoms with van der Waals surface area (Å²) in [4.78, 5) is 24.2. The Hall–Kier alpha value is -3.41. The lowest BCUT2D eigenvalue weighted by Crippen LogP contribution is -2.14. The standard InChI is InChI=1S/C19H17N5O/c1-14-4-3-5-19(22-14)24(2)23-16(13-25)8-6-15-7-9-17-18(12-15)21-11-10-20-17/h3-13H,1-2H3/b8-6+,23-16+. The van der Waals surface area contributed by atoms with Crippen LogP contribution in [-0.4, -0.2) is 34.0 Å². The number of carbonyl (C=O) groups is 1. The first-order valence-corrected chi connectivity index (χ1v) is 7.76. The number of nitrogens with zero attached hydrogens (tertiary/aromatic N) is 5. The zero-order valence-corrected chi connectivity index (χ0v) is 14.0. The summed E-state index contributed by atoms with van der Waals surface area (Å²) in [6.45, 7) is 1.91. The van der Waals surface area contributed by atoms with Crippen LogP contribution in [-0.2, 0) is 4.79 Å². The van der Waals surface area contributed by atoms with E-state index in [0.29, 0.717) is 17.8 Å². The van der Waals surface area contributed by atoms with Crippen molar-refractivity contribution in [2.75, 3.05) is 12.1 Å². The Morgan fingerprint density at radius 3 is 2.68 bits per heavy atom. The van der Waals surface area contributed by atoms with Crippen molar-refractivity contribution in [1.82, 2.24) is 15.0 Å². The first-order valence-electron chi connectivity index (χ1n) is 7.76. The summed E-state index contributed by atoms with van der Waals surface area (Å²) in [5, 5.41) is 5.86. The van der Waals surface area contributed by atoms with Crippen LogP contribution in [0, 0.1) is 6.92 Å². The van der Waals surface area contributed by atoms with Gasteiger partial charge in [-0.2, -0.15) is 5.10 Å². The number of carbonyl (C=O) groups excluding carboxylic acids is 1. The van der Waals surface area contributed by atoms with E-state index in [-0.39, 0.29) is 0 Å². The fourth-order valence-corrected chi connectivity index (χ4v) is 2.30. The maximum absolute atomic E-state index is 11.3. The summed E-state index contributed by atoms with van der Waals surface area (Å²) in [5.74, 6) is 0.675. The van der Waals surface area contributed by atoms with Crippen LogP contribution in [0.15, 0.2) is 60.0 Å². The molecule has 6 heteroatoms. The van der Waals surface area contributed by atoms with Gasteiger partial charge in [-0.25, -0.2) is 4.98 Å². The van der Waals surface area contributed by atoms with Crippen LogP contribution in [0.4, 0.5) is 5.82 Å². The molecule has 6 nitrogen and oxygen atoms in total. The predicted octanol–water partition coefficient (Wildman–Crippen LogP) is 3.04. The number of fused-ring (bicyclic) bond motifs is 1. The molecule has 0 amide bonds. The summed E-state index contributed by atoms with van der Waals surface area (Å²) in [5.41, 5.74) is 3.73. The van der Waals surface area contributed by atoms with Gasteiger partial charge in [-0.1, -0.05) is 18.2 Å². The van der Waals surface area contributed by atoms with Gasteiger partial charge in [0.05, 0.1) is 11.0 Å². The van der Waals surface area contributed by atoms with E-state index < -0.39 is 0 Å². The summed E-state index contributed by atoms with van der Waals surface area (Å²) in [6.07, 6.45) is 7.50. The summed E-state index contributed by atoms with van der Waals surface area (Å²) < 4.78 is 0. The Balaban J connectivity index is 1.82. The van der Waals surface area contributed by atoms with Crippen molar-refractivity contribution in [3.05, 3.63) is 66.1 Å². The molecule has 0 saturated carbocycles. The van der Waals surface area contributed by atoms with Crippen LogP contribution in [0.3, 0.4) is 0 Å². The number of hydrogen-bond donors (Lipinski definition) is 0. The molecule has 3 aromatic rings. The quantitative estimate of drug-likeness (QED) is 0.408. The van der Waals surface area contributed by atoms with E-state index in [4.69, 9.17) is 0 Å². The van der Waals surface area contributed by atoms with Crippen LogP contribution < -0.4 is 5.01 Å². The van der Waals surface area contributed by atoms with Crippen LogP contribution in [0.2, 0.25) is 0 Å². The number of anilines is 1. The fourth-order valence-electron chi connectivity index (χ4n) is 2.30. The molecular weight excluding hydrogens is 314 g/mol. The van der Waals surface area contributed by atoms with E-state index in [1.807, 2.05) is 49.4 Å². The molecule has 0 aliphatic rings. The second kappa shape index (κ2) is 7.44. The normalized spacial score (nSPS) is 11.8. The molecule has 0 aliphatic heterocycles. The molecule has 0 N–H and O–H groups in total. The van der Waals surface area contributed by atoms with E-state index in [0.717, 1.165) is 22.3 Å². The van der Waals surface area contributed by atoms with Crippen molar-refractivity contribution in [3.63, 3.8) is 0 Å². The second-order valence-corrected chi connectivity index (χ2v) is 5.44. The van der Waals surface area contributed by atoms with Gasteiger partial charge >= 0.3 is 0 Å². The molecular formula is C19H17N5O. The molecule has 0 unspecified atom stereocenters. The molecule has 0 bridgehead atoms. The van der Waals surface area contributed by atoms with Gasteiger partial charge in [0.15, 0.2) is 6.29 Å². The molecule has 0 saturated heterocycles. The molecule has 0 aliphatic carbocycles. The number of rotatable bonds is 5. The van der Waals surface area contributed by atoms with Gasteiger partial charge in [-0.3, -0.25) is 19.8 Å². The van der Waals surface area contributed by atoms with Gasteiger partial charge in [0, 0.05) is 25.1 Å². The molecule has 0 radical (unpaired) electrons. The third-order valence-electron chi connectivity index (χ3n) is 3.53. The Bertz CT molecular complexity index is 965. The number of aryl methyl sites for hydroxylation is 1. The van der Waals surface area contributed by atoms with Gasteiger partial charge in [-0.15, -0.1) is 0 Å². The smallest absolute Gasteiger partial charge is 0.170 e. The van der Waals surface area contributed by atoms with Crippen molar-refractivity contribution in [2.45, 2.75) is 6.92 Å². The molecule has 0 spiro atoms. The third kappa shape index (κ3) is 4.11. The Morgan fingerprint density at radius 2 is 1.92 bits per heavy atom. The molecule has 124 valence electrons. The van der Waals surface area contributed by atoms with Gasteiger partial charge < -0.3 is 0 Å². The Labute approximate surface area is 145 Å². The summed E-state index contributed by atoms with van der Waals surface area (Å²) in [6, 6.07) is 11.4. The minimum Gasteiger partial charge on any atom is -0.296 e. The maximum Gasteiger partial charge on any atom is 0.170 e. The van der Waals surface area contributed by atoms with Crippen molar-refractivity contribution in [3.8, 4) is 0 Å². The zero-order chi connectivity index (χ0) is 17.6. The van der Waals surface area contributed by atoms with Crippen LogP contribution in [0.25, 0.3) is 17.1 Å². The van der Waals surface area contributed by atoms with Crippen molar-refractivity contribution >= 4 is 34.9 Å². The summed E-state index contributed by atoms with van der Waals surface area (Å²) >= 11 is 0. The second-order valence-electron chi connectivity index (χ2n) is 5.44. The minimum atomic E-state index is 0.296. The average Bonchev–Trinajstić information content (AvgIpc) is 2.64. The van der Waals surface area contributed by atoms with Crippen LogP contribution in [0.1, 0.15) is 11.3 Å². The first-order chi connectivity index (χ1) is 12.2. The largest absolute Gasteiger partial charge is 0.296 e. The Morgan fingerprint density at radius 1 is 1.12 bits per heavy atom. The SMILES string of the molecule is Cc1cccc(N(C)/N=C(C=O)\C=C\c2ccc3nccnc3c2)n1. The number of benzene rings is 1. The predicted molar refractivity (Wildman–Crippen MR) is 99.4 cm³/mol. The molecule has 2 aromatic heterocycles. The number of hydrazone groups is 1. The molecule has 1 aromatic carbocycles. The van der Waals surface area contributed by atoms with Crippen molar-refractivity contribution in [1.29, 1.82) is 0 Å². The molecule has 3 rings (SSSR count). The third-order valence-corrected chi connectivity index (χ3v) is 3.53. The van der Waals surface area contributed by atoms with Gasteiger partial charge in [-0.05, 0) is 42.8 Å². The Kier molecular flexibility index (Phi) is 4.89. The lowest BCUT2D eigenvalue weighted by Gasteiger charge is -2.12. The molecule has 25 heavy (non-hydrogen) atoms. The first kappa shape index (κ1) is 16.4. The van der Waals surface area contributed by atoms with E-state index in [9.17, 15) is 4.79 Å². The minimum absolute atomic E-state index is 0.296. The number of allylic oxidation sites excluding steroid dienone is 1. The van der Waals surface area contributed by atoms with Crippen LogP contribution >= 0.6 is 0 Å². The number of aldehydes is 1. The molecule has 0 fully saturated rings. The van der Waals surface area contributed by atoms with E-state index in [2.05, 4.69) is 20.1 Å². The van der Waals surface area contributed by atoms with Gasteiger partial charge in [0.1, 0.15) is 11.5 Å². The fraction of sp³-hybridized carbons (Fsp3) is 0.105. The molecule has 0 atom stereocenters. The van der Waals surface area contributed by atoms with Crippen LogP contribution in [0.5, 0.6) is 0 Å². The van der Waals surface area contributed by atoms with Gasteiger partial charge in [0.25, 0.3) is 0 Å². The lowest BCUT2D eigenvalue weighted by molar-refractivity contribution is -0.102. The van der Waals surface area contributed by atoms with Crippen molar-refractivity contribution in [2.24, 2.45) is 5.10 Å². The monoisotopic (exact) mass is 331 g/mol. The lowest BCUT2D eigenvalue weighted by atomic mass is 10.1. The van der Waals surface area contributed by atoms with E-state index in [1.165, 1.54) is 0 Å². The van der Waals surface area contributed by atoms with Gasteiger partial charge in [0.2, 0.25) is 0 Å². The average molecular weight is 331 g/mol. The number of pyridine rings is 1. The highest BCUT2D eigenvalue weighted by molar-refractivity contribution is 6.34. The highest BCUT2D eigenvalue weighted by Crippen LogP contribution is 2.13. The topological polar surface area (TPSA) is 71.3 Å². The number of hydrogen-bond acceptors (Lipinski definition) is 6. The maximum atomic E-state index is 11.3. The summed E-state index contributed by atoms with van der Waals surface area (Å²) in [7, 11) is 1.75. The molecule has 2 heterocycles. The highest BCUT2D eigenvalue weighted by atomic mass is 16.1. The van der Waals surface area contributed by atoms with E-state index >= 15 is 0 Å². The van der Waals surface area contributed by atoms with E-state index in [1.54, 1.807) is 30.5 Å². The zero-order valence-electron chi connectivity index (χ0n) is 14.0. The van der Waals surface area contributed by atoms with Crippen molar-refractivity contribution < 1.29 is 4.79 Å². The number of aromatic nitrogens is 3.